The fraction of sp³-hybridized carbons (Fsp3) is 0.188. The summed E-state index contributed by atoms with van der Waals surface area (Å²) >= 11 is 0. The number of benzene rings is 1. The third kappa shape index (κ3) is 2.41. The van der Waals surface area contributed by atoms with Crippen molar-refractivity contribution in [3.8, 4) is 28.3 Å². The number of aromatic hydroxyl groups is 1. The maximum Gasteiger partial charge on any atom is 0.136 e. The Balaban J connectivity index is 2.37. The highest BCUT2D eigenvalue weighted by molar-refractivity contribution is 5.94. The van der Waals surface area contributed by atoms with Crippen LogP contribution in [0.1, 0.15) is 11.4 Å². The van der Waals surface area contributed by atoms with E-state index in [0.717, 1.165) is 17.5 Å². The summed E-state index contributed by atoms with van der Waals surface area (Å²) < 4.78 is 17.7. The number of rotatable bonds is 3. The van der Waals surface area contributed by atoms with E-state index in [1.807, 2.05) is 14.0 Å². The third-order valence-electron chi connectivity index (χ3n) is 3.84. The number of phenols is 1. The molecule has 24 heavy (non-hydrogen) atoms. The van der Waals surface area contributed by atoms with Gasteiger partial charge in [-0.15, -0.1) is 0 Å². The fourth-order valence-corrected chi connectivity index (χ4v) is 2.76. The SMILES string of the molecule is Cc1ncn(C)c1-c1c(-c2ccc(O)cc2F)nn(C)c1/C=N/O. The lowest BCUT2D eigenvalue weighted by Crippen LogP contribution is -2.00. The highest BCUT2D eigenvalue weighted by Crippen LogP contribution is 2.36. The van der Waals surface area contributed by atoms with Crippen LogP contribution < -0.4 is 0 Å². The Morgan fingerprint density at radius 1 is 1.29 bits per heavy atom. The molecular formula is C16H16FN5O2. The van der Waals surface area contributed by atoms with E-state index >= 15 is 0 Å². The first-order valence-corrected chi connectivity index (χ1v) is 7.15. The van der Waals surface area contributed by atoms with Crippen LogP contribution in [0.5, 0.6) is 5.75 Å². The number of hydrogen-bond donors (Lipinski definition) is 2. The molecule has 0 aliphatic heterocycles. The zero-order valence-electron chi connectivity index (χ0n) is 13.4. The number of nitrogens with zero attached hydrogens (tertiary/aromatic N) is 5. The molecule has 0 spiro atoms. The summed E-state index contributed by atoms with van der Waals surface area (Å²) in [6.45, 7) is 1.83. The molecule has 0 radical (unpaired) electrons. The van der Waals surface area contributed by atoms with Crippen LogP contribution in [0.3, 0.4) is 0 Å². The van der Waals surface area contributed by atoms with E-state index in [9.17, 15) is 9.50 Å². The normalized spacial score (nSPS) is 11.5. The molecule has 0 saturated carbocycles. The monoisotopic (exact) mass is 329 g/mol. The van der Waals surface area contributed by atoms with Gasteiger partial charge in [-0.25, -0.2) is 9.37 Å². The molecule has 2 heterocycles. The van der Waals surface area contributed by atoms with Gasteiger partial charge >= 0.3 is 0 Å². The Bertz CT molecular complexity index is 923. The largest absolute Gasteiger partial charge is 0.508 e. The number of imidazole rings is 1. The van der Waals surface area contributed by atoms with Gasteiger partial charge in [0.15, 0.2) is 0 Å². The Morgan fingerprint density at radius 2 is 2.04 bits per heavy atom. The molecule has 0 amide bonds. The molecule has 124 valence electrons. The minimum atomic E-state index is -0.596. The van der Waals surface area contributed by atoms with Gasteiger partial charge in [0.2, 0.25) is 0 Å². The molecule has 0 bridgehead atoms. The van der Waals surface area contributed by atoms with Crippen LogP contribution in [0.15, 0.2) is 29.7 Å². The molecule has 0 fully saturated rings. The number of hydrogen-bond acceptors (Lipinski definition) is 5. The zero-order chi connectivity index (χ0) is 17.4. The zero-order valence-corrected chi connectivity index (χ0v) is 13.4. The lowest BCUT2D eigenvalue weighted by atomic mass is 10.0. The van der Waals surface area contributed by atoms with Crippen molar-refractivity contribution in [1.29, 1.82) is 0 Å². The molecule has 2 aromatic heterocycles. The van der Waals surface area contributed by atoms with Crippen molar-refractivity contribution in [2.75, 3.05) is 0 Å². The lowest BCUT2D eigenvalue weighted by Gasteiger charge is -2.08. The van der Waals surface area contributed by atoms with Crippen LogP contribution in [-0.2, 0) is 14.1 Å². The van der Waals surface area contributed by atoms with E-state index in [1.54, 1.807) is 17.9 Å². The molecule has 1 aromatic carbocycles. The Hall–Kier alpha value is -3.16. The molecule has 0 unspecified atom stereocenters. The van der Waals surface area contributed by atoms with E-state index in [1.165, 1.54) is 23.0 Å². The quantitative estimate of drug-likeness (QED) is 0.439. The van der Waals surface area contributed by atoms with Gasteiger partial charge in [0.25, 0.3) is 0 Å². The third-order valence-corrected chi connectivity index (χ3v) is 3.84. The summed E-state index contributed by atoms with van der Waals surface area (Å²) in [7, 11) is 3.49. The van der Waals surface area contributed by atoms with Crippen LogP contribution >= 0.6 is 0 Å². The minimum Gasteiger partial charge on any atom is -0.508 e. The van der Waals surface area contributed by atoms with Gasteiger partial charge in [-0.2, -0.15) is 5.10 Å². The molecular weight excluding hydrogens is 313 g/mol. The van der Waals surface area contributed by atoms with Crippen LogP contribution in [0, 0.1) is 12.7 Å². The van der Waals surface area contributed by atoms with Gasteiger partial charge in [-0.3, -0.25) is 4.68 Å². The number of oxime groups is 1. The number of aromatic nitrogens is 4. The van der Waals surface area contributed by atoms with Gasteiger partial charge in [0.05, 0.1) is 35.2 Å². The van der Waals surface area contributed by atoms with Gasteiger partial charge in [0.1, 0.15) is 17.3 Å². The Kier molecular flexibility index (Phi) is 3.80. The standard InChI is InChI=1S/C16H16FN5O2/c1-9-16(21(2)8-18-9)14-13(7-19-24)22(3)20-15(14)11-5-4-10(23)6-12(11)17/h4-8,23-24H,1-3H3/b19-7+. The summed E-state index contributed by atoms with van der Waals surface area (Å²) in [5.41, 5.74) is 3.18. The molecule has 3 aromatic rings. The van der Waals surface area contributed by atoms with Crippen LogP contribution in [0.4, 0.5) is 4.39 Å². The van der Waals surface area contributed by atoms with Crippen molar-refractivity contribution < 1.29 is 14.7 Å². The van der Waals surface area contributed by atoms with E-state index in [4.69, 9.17) is 5.21 Å². The minimum absolute atomic E-state index is 0.164. The van der Waals surface area contributed by atoms with Gasteiger partial charge in [-0.1, -0.05) is 5.16 Å². The van der Waals surface area contributed by atoms with Crippen molar-refractivity contribution in [2.45, 2.75) is 6.92 Å². The first kappa shape index (κ1) is 15.7. The van der Waals surface area contributed by atoms with Gasteiger partial charge < -0.3 is 14.9 Å². The summed E-state index contributed by atoms with van der Waals surface area (Å²) in [6.07, 6.45) is 2.89. The van der Waals surface area contributed by atoms with Crippen molar-refractivity contribution in [3.05, 3.63) is 41.7 Å². The second kappa shape index (κ2) is 5.80. The van der Waals surface area contributed by atoms with Crippen molar-refractivity contribution in [1.82, 2.24) is 19.3 Å². The summed E-state index contributed by atoms with van der Waals surface area (Å²) in [4.78, 5) is 4.26. The predicted octanol–water partition coefficient (Wildman–Crippen LogP) is 2.45. The highest BCUT2D eigenvalue weighted by Gasteiger charge is 2.24. The second-order valence-electron chi connectivity index (χ2n) is 5.43. The van der Waals surface area contributed by atoms with Crippen LogP contribution in [0.2, 0.25) is 0 Å². The smallest absolute Gasteiger partial charge is 0.136 e. The van der Waals surface area contributed by atoms with Crippen molar-refractivity contribution in [3.63, 3.8) is 0 Å². The summed E-state index contributed by atoms with van der Waals surface area (Å²) in [6, 6.07) is 3.89. The molecule has 0 aliphatic carbocycles. The second-order valence-corrected chi connectivity index (χ2v) is 5.43. The van der Waals surface area contributed by atoms with E-state index in [2.05, 4.69) is 15.2 Å². The molecule has 0 aliphatic rings. The summed E-state index contributed by atoms with van der Waals surface area (Å²) in [5.74, 6) is -0.760. The lowest BCUT2D eigenvalue weighted by molar-refractivity contribution is 0.321. The maximum atomic E-state index is 14.4. The van der Waals surface area contributed by atoms with E-state index in [0.29, 0.717) is 17.0 Å². The molecule has 0 atom stereocenters. The maximum absolute atomic E-state index is 14.4. The molecule has 7 nitrogen and oxygen atoms in total. The van der Waals surface area contributed by atoms with Crippen LogP contribution in [0.25, 0.3) is 22.5 Å². The van der Waals surface area contributed by atoms with E-state index < -0.39 is 5.82 Å². The number of phenolic OH excluding ortho intramolecular Hbond substituents is 1. The van der Waals surface area contributed by atoms with E-state index in [-0.39, 0.29) is 11.3 Å². The Morgan fingerprint density at radius 3 is 2.62 bits per heavy atom. The number of aryl methyl sites for hydroxylation is 3. The molecule has 0 saturated heterocycles. The van der Waals surface area contributed by atoms with Gasteiger partial charge in [-0.05, 0) is 19.1 Å². The first-order chi connectivity index (χ1) is 11.4. The predicted molar refractivity (Wildman–Crippen MR) is 86.6 cm³/mol. The molecule has 3 rings (SSSR count). The Labute approximate surface area is 137 Å². The number of halogens is 1. The molecule has 2 N–H and O–H groups in total. The average Bonchev–Trinajstić information content (AvgIpc) is 3.00. The molecule has 8 heteroatoms. The highest BCUT2D eigenvalue weighted by atomic mass is 19.1. The van der Waals surface area contributed by atoms with Crippen molar-refractivity contribution in [2.24, 2.45) is 19.3 Å². The summed E-state index contributed by atoms with van der Waals surface area (Å²) in [5, 5.41) is 25.9. The average molecular weight is 329 g/mol. The first-order valence-electron chi connectivity index (χ1n) is 7.15. The van der Waals surface area contributed by atoms with Crippen molar-refractivity contribution >= 4 is 6.21 Å². The van der Waals surface area contributed by atoms with Crippen LogP contribution in [-0.4, -0.2) is 35.9 Å². The van der Waals surface area contributed by atoms with Gasteiger partial charge in [0, 0.05) is 25.7 Å². The topological polar surface area (TPSA) is 88.5 Å². The fourth-order valence-electron chi connectivity index (χ4n) is 2.76.